The number of esters is 1. The Bertz CT molecular complexity index is 1200. The number of aromatic nitrogens is 2. The Morgan fingerprint density at radius 3 is 2.57 bits per heavy atom. The molecule has 0 unspecified atom stereocenters. The number of sulfonamides is 1. The number of fused-ring (bicyclic) bond motifs is 1. The Morgan fingerprint density at radius 1 is 1.14 bits per heavy atom. The zero-order valence-electron chi connectivity index (χ0n) is 15.5. The number of hydrogen-bond donors (Lipinski definition) is 1. The van der Waals surface area contributed by atoms with Gasteiger partial charge in [-0.25, -0.2) is 22.5 Å². The second-order valence-electron chi connectivity index (χ2n) is 6.33. The van der Waals surface area contributed by atoms with E-state index in [4.69, 9.17) is 4.74 Å². The molecule has 1 aromatic heterocycles. The molecular formula is C19H19N3O5S. The van der Waals surface area contributed by atoms with Gasteiger partial charge in [0.05, 0.1) is 21.4 Å². The molecule has 1 atom stereocenters. The van der Waals surface area contributed by atoms with E-state index in [1.54, 1.807) is 31.2 Å². The maximum absolute atomic E-state index is 12.5. The van der Waals surface area contributed by atoms with Gasteiger partial charge in [0.25, 0.3) is 5.56 Å². The minimum atomic E-state index is -3.68. The molecule has 2 aromatic carbocycles. The Balaban J connectivity index is 1.87. The number of rotatable bonds is 5. The van der Waals surface area contributed by atoms with Crippen LogP contribution in [0.5, 0.6) is 0 Å². The van der Waals surface area contributed by atoms with E-state index in [0.29, 0.717) is 10.9 Å². The molecule has 0 aliphatic rings. The van der Waals surface area contributed by atoms with Crippen LogP contribution < -0.4 is 5.56 Å². The number of H-pyrrole nitrogens is 1. The molecule has 8 nitrogen and oxygen atoms in total. The highest BCUT2D eigenvalue weighted by atomic mass is 32.2. The molecule has 3 rings (SSSR count). The number of nitrogens with zero attached hydrogens (tertiary/aromatic N) is 2. The average molecular weight is 401 g/mol. The molecule has 1 N–H and O–H groups in total. The third kappa shape index (κ3) is 3.80. The lowest BCUT2D eigenvalue weighted by molar-refractivity contribution is 0.0319. The van der Waals surface area contributed by atoms with Crippen LogP contribution in [0, 0.1) is 0 Å². The monoisotopic (exact) mass is 401 g/mol. The molecule has 1 heterocycles. The predicted molar refractivity (Wildman–Crippen MR) is 104 cm³/mol. The van der Waals surface area contributed by atoms with Crippen molar-refractivity contribution in [1.29, 1.82) is 0 Å². The summed E-state index contributed by atoms with van der Waals surface area (Å²) in [6.45, 7) is 1.57. The van der Waals surface area contributed by atoms with Gasteiger partial charge >= 0.3 is 5.97 Å². The molecule has 9 heteroatoms. The second kappa shape index (κ2) is 7.53. The van der Waals surface area contributed by atoms with Crippen LogP contribution in [0.25, 0.3) is 10.9 Å². The minimum Gasteiger partial charge on any atom is -0.451 e. The SMILES string of the molecule is C[C@H](OC(=O)c1cccc(S(=O)(=O)N(C)C)c1)c1nc2ccccc2c(=O)[nH]1. The van der Waals surface area contributed by atoms with Crippen molar-refractivity contribution in [3.8, 4) is 0 Å². The number of carbonyl (C=O) groups excluding carboxylic acids is 1. The fourth-order valence-electron chi connectivity index (χ4n) is 2.58. The van der Waals surface area contributed by atoms with Gasteiger partial charge in [0.15, 0.2) is 11.9 Å². The molecule has 0 saturated carbocycles. The molecule has 0 spiro atoms. The van der Waals surface area contributed by atoms with E-state index in [-0.39, 0.29) is 21.8 Å². The van der Waals surface area contributed by atoms with Crippen LogP contribution >= 0.6 is 0 Å². The number of benzene rings is 2. The smallest absolute Gasteiger partial charge is 0.338 e. The van der Waals surface area contributed by atoms with Crippen molar-refractivity contribution in [2.75, 3.05) is 14.1 Å². The number of ether oxygens (including phenoxy) is 1. The topological polar surface area (TPSA) is 109 Å². The van der Waals surface area contributed by atoms with Crippen LogP contribution in [-0.2, 0) is 14.8 Å². The molecule has 0 amide bonds. The summed E-state index contributed by atoms with van der Waals surface area (Å²) in [6.07, 6.45) is -0.834. The molecule has 0 saturated heterocycles. The lowest BCUT2D eigenvalue weighted by Crippen LogP contribution is -2.22. The van der Waals surface area contributed by atoms with Crippen LogP contribution in [0.15, 0.2) is 58.2 Å². The van der Waals surface area contributed by atoms with E-state index < -0.39 is 22.1 Å². The van der Waals surface area contributed by atoms with Crippen molar-refractivity contribution < 1.29 is 17.9 Å². The molecule has 0 aliphatic carbocycles. The summed E-state index contributed by atoms with van der Waals surface area (Å²) in [5.41, 5.74) is 0.240. The third-order valence-corrected chi connectivity index (χ3v) is 5.96. The number of nitrogens with one attached hydrogen (secondary N) is 1. The Morgan fingerprint density at radius 2 is 1.86 bits per heavy atom. The zero-order valence-corrected chi connectivity index (χ0v) is 16.4. The second-order valence-corrected chi connectivity index (χ2v) is 8.48. The van der Waals surface area contributed by atoms with Crippen molar-refractivity contribution in [2.24, 2.45) is 0 Å². The summed E-state index contributed by atoms with van der Waals surface area (Å²) < 4.78 is 30.9. The highest BCUT2D eigenvalue weighted by molar-refractivity contribution is 7.89. The van der Waals surface area contributed by atoms with Crippen molar-refractivity contribution >= 4 is 26.9 Å². The molecule has 146 valence electrons. The van der Waals surface area contributed by atoms with Gasteiger partial charge in [0.1, 0.15) is 0 Å². The number of para-hydroxylation sites is 1. The van der Waals surface area contributed by atoms with Crippen LogP contribution in [-0.4, -0.2) is 42.8 Å². The summed E-state index contributed by atoms with van der Waals surface area (Å²) in [5, 5.41) is 0.436. The summed E-state index contributed by atoms with van der Waals surface area (Å²) in [4.78, 5) is 31.6. The fraction of sp³-hybridized carbons (Fsp3) is 0.211. The van der Waals surface area contributed by atoms with E-state index >= 15 is 0 Å². The van der Waals surface area contributed by atoms with Crippen LogP contribution in [0.2, 0.25) is 0 Å². The normalized spacial score (nSPS) is 12.9. The first-order valence-electron chi connectivity index (χ1n) is 8.42. The molecule has 3 aromatic rings. The summed E-state index contributed by atoms with van der Waals surface area (Å²) in [7, 11) is -0.864. The van der Waals surface area contributed by atoms with Gasteiger partial charge in [-0.2, -0.15) is 0 Å². The van der Waals surface area contributed by atoms with E-state index in [0.717, 1.165) is 4.31 Å². The summed E-state index contributed by atoms with van der Waals surface area (Å²) in [5.74, 6) is -0.520. The Kier molecular flexibility index (Phi) is 5.30. The van der Waals surface area contributed by atoms with Crippen molar-refractivity contribution in [3.05, 3.63) is 70.3 Å². The van der Waals surface area contributed by atoms with Gasteiger partial charge in [-0.3, -0.25) is 4.79 Å². The van der Waals surface area contributed by atoms with Crippen LogP contribution in [0.4, 0.5) is 0 Å². The lowest BCUT2D eigenvalue weighted by atomic mass is 10.2. The van der Waals surface area contributed by atoms with E-state index in [9.17, 15) is 18.0 Å². The first kappa shape index (κ1) is 19.7. The molecule has 0 fully saturated rings. The van der Waals surface area contributed by atoms with Gasteiger partial charge in [0.2, 0.25) is 10.0 Å². The predicted octanol–water partition coefficient (Wildman–Crippen LogP) is 2.09. The van der Waals surface area contributed by atoms with Gasteiger partial charge in [-0.05, 0) is 37.3 Å². The number of aromatic amines is 1. The average Bonchev–Trinajstić information content (AvgIpc) is 2.67. The molecule has 0 aliphatic heterocycles. The molecule has 0 radical (unpaired) electrons. The van der Waals surface area contributed by atoms with Crippen LogP contribution in [0.1, 0.15) is 29.2 Å². The van der Waals surface area contributed by atoms with E-state index in [1.807, 2.05) is 0 Å². The van der Waals surface area contributed by atoms with Gasteiger partial charge in [0, 0.05) is 14.1 Å². The van der Waals surface area contributed by atoms with Crippen molar-refractivity contribution in [3.63, 3.8) is 0 Å². The summed E-state index contributed by atoms with van der Waals surface area (Å²) in [6, 6.07) is 12.4. The number of carbonyl (C=O) groups is 1. The Labute approximate surface area is 161 Å². The molecule has 0 bridgehead atoms. The first-order chi connectivity index (χ1) is 13.2. The van der Waals surface area contributed by atoms with Gasteiger partial charge in [-0.1, -0.05) is 18.2 Å². The fourth-order valence-corrected chi connectivity index (χ4v) is 3.52. The van der Waals surface area contributed by atoms with E-state index in [2.05, 4.69) is 9.97 Å². The molecule has 28 heavy (non-hydrogen) atoms. The van der Waals surface area contributed by atoms with E-state index in [1.165, 1.54) is 38.4 Å². The molecular weight excluding hydrogens is 382 g/mol. The van der Waals surface area contributed by atoms with Crippen LogP contribution in [0.3, 0.4) is 0 Å². The maximum Gasteiger partial charge on any atom is 0.338 e. The van der Waals surface area contributed by atoms with Gasteiger partial charge in [-0.15, -0.1) is 0 Å². The van der Waals surface area contributed by atoms with Crippen molar-refractivity contribution in [2.45, 2.75) is 17.9 Å². The quantitative estimate of drug-likeness (QED) is 0.656. The number of hydrogen-bond acceptors (Lipinski definition) is 6. The maximum atomic E-state index is 12.5. The highest BCUT2D eigenvalue weighted by Crippen LogP contribution is 2.19. The standard InChI is InChI=1S/C19H19N3O5S/c1-12(17-20-16-10-5-4-9-15(16)18(23)21-17)27-19(24)13-7-6-8-14(11-13)28(25,26)22(2)3/h4-12H,1-3H3,(H,20,21,23)/t12-/m0/s1. The Hall–Kier alpha value is -3.04. The highest BCUT2D eigenvalue weighted by Gasteiger charge is 2.21. The largest absolute Gasteiger partial charge is 0.451 e. The summed E-state index contributed by atoms with van der Waals surface area (Å²) >= 11 is 0. The third-order valence-electron chi connectivity index (χ3n) is 4.15. The first-order valence-corrected chi connectivity index (χ1v) is 9.86. The van der Waals surface area contributed by atoms with Gasteiger partial charge < -0.3 is 9.72 Å². The van der Waals surface area contributed by atoms with Crippen molar-refractivity contribution in [1.82, 2.24) is 14.3 Å². The minimum absolute atomic E-state index is 0.0168. The lowest BCUT2D eigenvalue weighted by Gasteiger charge is -2.14. The zero-order chi connectivity index (χ0) is 20.5.